The van der Waals surface area contributed by atoms with E-state index in [1.165, 1.54) is 11.8 Å². The van der Waals surface area contributed by atoms with Crippen LogP contribution in [0.3, 0.4) is 0 Å². The zero-order valence-electron chi connectivity index (χ0n) is 13.4. The number of carbonyl (C=O) groups is 1. The van der Waals surface area contributed by atoms with Gasteiger partial charge in [-0.3, -0.25) is 4.79 Å². The Morgan fingerprint density at radius 3 is 2.39 bits per heavy atom. The highest BCUT2D eigenvalue weighted by Crippen LogP contribution is 2.25. The molecule has 0 aromatic heterocycles. The summed E-state index contributed by atoms with van der Waals surface area (Å²) in [5, 5.41) is 2.89. The van der Waals surface area contributed by atoms with E-state index in [2.05, 4.69) is 5.32 Å². The molecule has 2 aromatic rings. The van der Waals surface area contributed by atoms with Gasteiger partial charge in [-0.25, -0.2) is 0 Å². The van der Waals surface area contributed by atoms with Gasteiger partial charge in [0.2, 0.25) is 5.91 Å². The van der Waals surface area contributed by atoms with Crippen LogP contribution in [-0.2, 0) is 4.79 Å². The Hall–Kier alpha value is -2.14. The van der Waals surface area contributed by atoms with Gasteiger partial charge in [0, 0.05) is 4.90 Å². The van der Waals surface area contributed by atoms with Gasteiger partial charge in [0.15, 0.2) is 0 Å². The fourth-order valence-corrected chi connectivity index (χ4v) is 2.68. The van der Waals surface area contributed by atoms with Gasteiger partial charge >= 0.3 is 0 Å². The number of benzene rings is 2. The zero-order chi connectivity index (χ0) is 16.5. The largest absolute Gasteiger partial charge is 0.494 e. The average Bonchev–Trinajstić information content (AvgIpc) is 2.57. The summed E-state index contributed by atoms with van der Waals surface area (Å²) in [6, 6.07) is 15.2. The third-order valence-corrected chi connectivity index (χ3v) is 3.98. The molecule has 23 heavy (non-hydrogen) atoms. The number of hydrogen-bond donors (Lipinski definition) is 1. The van der Waals surface area contributed by atoms with Crippen molar-refractivity contribution < 1.29 is 14.3 Å². The SMILES string of the molecule is CCOc1ccc(SCC(=O)Nc2ccccc2OCC)cc1. The van der Waals surface area contributed by atoms with E-state index in [0.29, 0.717) is 30.4 Å². The predicted octanol–water partition coefficient (Wildman–Crippen LogP) is 4.21. The van der Waals surface area contributed by atoms with E-state index in [1.54, 1.807) is 0 Å². The molecule has 2 rings (SSSR count). The van der Waals surface area contributed by atoms with Crippen LogP contribution in [0.4, 0.5) is 5.69 Å². The summed E-state index contributed by atoms with van der Waals surface area (Å²) in [4.78, 5) is 13.1. The minimum atomic E-state index is -0.0592. The normalized spacial score (nSPS) is 10.2. The number of anilines is 1. The number of hydrogen-bond acceptors (Lipinski definition) is 4. The van der Waals surface area contributed by atoms with Crippen LogP contribution in [-0.4, -0.2) is 24.9 Å². The first-order valence-corrected chi connectivity index (χ1v) is 8.58. The highest BCUT2D eigenvalue weighted by molar-refractivity contribution is 8.00. The number of thioether (sulfide) groups is 1. The minimum Gasteiger partial charge on any atom is -0.494 e. The quantitative estimate of drug-likeness (QED) is 0.736. The van der Waals surface area contributed by atoms with Crippen molar-refractivity contribution in [2.45, 2.75) is 18.7 Å². The number of nitrogens with one attached hydrogen (secondary N) is 1. The molecule has 0 atom stereocenters. The Balaban J connectivity index is 1.87. The molecular formula is C18H21NO3S. The van der Waals surface area contributed by atoms with E-state index in [9.17, 15) is 4.79 Å². The molecule has 5 heteroatoms. The van der Waals surface area contributed by atoms with Crippen molar-refractivity contribution in [2.24, 2.45) is 0 Å². The molecule has 0 saturated heterocycles. The van der Waals surface area contributed by atoms with Crippen molar-refractivity contribution in [1.29, 1.82) is 0 Å². The van der Waals surface area contributed by atoms with Crippen LogP contribution in [0.1, 0.15) is 13.8 Å². The maximum atomic E-state index is 12.1. The Bertz CT molecular complexity index is 628. The van der Waals surface area contributed by atoms with Gasteiger partial charge in [-0.1, -0.05) is 12.1 Å². The molecule has 1 N–H and O–H groups in total. The molecular weight excluding hydrogens is 310 g/mol. The van der Waals surface area contributed by atoms with Crippen molar-refractivity contribution >= 4 is 23.4 Å². The lowest BCUT2D eigenvalue weighted by Gasteiger charge is -2.11. The van der Waals surface area contributed by atoms with Crippen molar-refractivity contribution in [3.63, 3.8) is 0 Å². The van der Waals surface area contributed by atoms with E-state index in [4.69, 9.17) is 9.47 Å². The summed E-state index contributed by atoms with van der Waals surface area (Å²) in [6.45, 7) is 5.08. The summed E-state index contributed by atoms with van der Waals surface area (Å²) < 4.78 is 10.9. The number of carbonyl (C=O) groups excluding carboxylic acids is 1. The standard InChI is InChI=1S/C18H21NO3S/c1-3-21-14-9-11-15(12-10-14)23-13-18(20)19-16-7-5-6-8-17(16)22-4-2/h5-12H,3-4,13H2,1-2H3,(H,19,20). The van der Waals surface area contributed by atoms with E-state index in [0.717, 1.165) is 10.6 Å². The number of rotatable bonds is 8. The summed E-state index contributed by atoms with van der Waals surface area (Å²) in [5.41, 5.74) is 0.701. The van der Waals surface area contributed by atoms with Gasteiger partial charge in [-0.15, -0.1) is 11.8 Å². The van der Waals surface area contributed by atoms with E-state index in [-0.39, 0.29) is 5.91 Å². The first kappa shape index (κ1) is 17.2. The lowest BCUT2D eigenvalue weighted by molar-refractivity contribution is -0.113. The third-order valence-electron chi connectivity index (χ3n) is 2.97. The fraction of sp³-hybridized carbons (Fsp3) is 0.278. The third kappa shape index (κ3) is 5.53. The maximum Gasteiger partial charge on any atom is 0.234 e. The van der Waals surface area contributed by atoms with Crippen LogP contribution in [0.15, 0.2) is 53.4 Å². The molecule has 0 unspecified atom stereocenters. The van der Waals surface area contributed by atoms with Gasteiger partial charge in [-0.2, -0.15) is 0 Å². The lowest BCUT2D eigenvalue weighted by Crippen LogP contribution is -2.14. The van der Waals surface area contributed by atoms with Gasteiger partial charge in [-0.05, 0) is 50.2 Å². The summed E-state index contributed by atoms with van der Waals surface area (Å²) >= 11 is 1.49. The molecule has 0 aliphatic heterocycles. The Morgan fingerprint density at radius 1 is 1.00 bits per heavy atom. The fourth-order valence-electron chi connectivity index (χ4n) is 1.99. The maximum absolute atomic E-state index is 12.1. The Morgan fingerprint density at radius 2 is 1.70 bits per heavy atom. The van der Waals surface area contributed by atoms with Gasteiger partial charge < -0.3 is 14.8 Å². The van der Waals surface area contributed by atoms with Gasteiger partial charge in [0.05, 0.1) is 24.7 Å². The van der Waals surface area contributed by atoms with Crippen molar-refractivity contribution in [3.05, 3.63) is 48.5 Å². The summed E-state index contributed by atoms with van der Waals surface area (Å²) in [5.74, 6) is 1.81. The summed E-state index contributed by atoms with van der Waals surface area (Å²) in [6.07, 6.45) is 0. The molecule has 0 radical (unpaired) electrons. The predicted molar refractivity (Wildman–Crippen MR) is 94.6 cm³/mol. The summed E-state index contributed by atoms with van der Waals surface area (Å²) in [7, 11) is 0. The molecule has 0 saturated carbocycles. The molecule has 2 aromatic carbocycles. The minimum absolute atomic E-state index is 0.0592. The molecule has 0 heterocycles. The van der Waals surface area contributed by atoms with Gasteiger partial charge in [0.1, 0.15) is 11.5 Å². The Labute approximate surface area is 141 Å². The van der Waals surface area contributed by atoms with Crippen LogP contribution in [0.5, 0.6) is 11.5 Å². The molecule has 1 amide bonds. The molecule has 0 aliphatic rings. The van der Waals surface area contributed by atoms with Crippen molar-refractivity contribution in [1.82, 2.24) is 0 Å². The van der Waals surface area contributed by atoms with E-state index < -0.39 is 0 Å². The van der Waals surface area contributed by atoms with E-state index >= 15 is 0 Å². The smallest absolute Gasteiger partial charge is 0.234 e. The molecule has 122 valence electrons. The first-order chi connectivity index (χ1) is 11.2. The second-order valence-electron chi connectivity index (χ2n) is 4.67. The Kier molecular flexibility index (Phi) is 6.81. The molecule has 0 spiro atoms. The monoisotopic (exact) mass is 331 g/mol. The number of amides is 1. The highest BCUT2D eigenvalue weighted by Gasteiger charge is 2.08. The second kappa shape index (κ2) is 9.10. The van der Waals surface area contributed by atoms with Crippen molar-refractivity contribution in [3.8, 4) is 11.5 Å². The first-order valence-electron chi connectivity index (χ1n) is 7.60. The average molecular weight is 331 g/mol. The second-order valence-corrected chi connectivity index (χ2v) is 5.72. The number of ether oxygens (including phenoxy) is 2. The van der Waals surface area contributed by atoms with Crippen LogP contribution in [0.2, 0.25) is 0 Å². The number of para-hydroxylation sites is 2. The molecule has 4 nitrogen and oxygen atoms in total. The van der Waals surface area contributed by atoms with Crippen LogP contribution >= 0.6 is 11.8 Å². The zero-order valence-corrected chi connectivity index (χ0v) is 14.2. The molecule has 0 bridgehead atoms. The molecule has 0 fully saturated rings. The van der Waals surface area contributed by atoms with Crippen molar-refractivity contribution in [2.75, 3.05) is 24.3 Å². The molecule has 0 aliphatic carbocycles. The van der Waals surface area contributed by atoms with Crippen LogP contribution in [0, 0.1) is 0 Å². The van der Waals surface area contributed by atoms with Crippen LogP contribution in [0.25, 0.3) is 0 Å². The lowest BCUT2D eigenvalue weighted by atomic mass is 10.3. The van der Waals surface area contributed by atoms with Crippen LogP contribution < -0.4 is 14.8 Å². The van der Waals surface area contributed by atoms with Gasteiger partial charge in [0.25, 0.3) is 0 Å². The van der Waals surface area contributed by atoms with E-state index in [1.807, 2.05) is 62.4 Å². The highest BCUT2D eigenvalue weighted by atomic mass is 32.2. The topological polar surface area (TPSA) is 47.6 Å².